The highest BCUT2D eigenvalue weighted by atomic mass is 32.1. The van der Waals surface area contributed by atoms with Crippen LogP contribution in [0.3, 0.4) is 0 Å². The zero-order valence-corrected chi connectivity index (χ0v) is 17.0. The summed E-state index contributed by atoms with van der Waals surface area (Å²) < 4.78 is 7.33. The molecule has 0 unspecified atom stereocenters. The van der Waals surface area contributed by atoms with E-state index in [0.717, 1.165) is 16.0 Å². The van der Waals surface area contributed by atoms with Crippen molar-refractivity contribution in [1.29, 1.82) is 0 Å². The van der Waals surface area contributed by atoms with E-state index in [9.17, 15) is 9.59 Å². The van der Waals surface area contributed by atoms with Gasteiger partial charge in [-0.2, -0.15) is 0 Å². The van der Waals surface area contributed by atoms with Crippen LogP contribution in [0.2, 0.25) is 0 Å². The van der Waals surface area contributed by atoms with E-state index in [-0.39, 0.29) is 17.9 Å². The number of aromatic nitrogens is 2. The molecule has 0 saturated carbocycles. The summed E-state index contributed by atoms with van der Waals surface area (Å²) in [5, 5.41) is 2.61. The molecule has 0 bridgehead atoms. The summed E-state index contributed by atoms with van der Waals surface area (Å²) in [7, 11) is 0. The van der Waals surface area contributed by atoms with Gasteiger partial charge in [0.15, 0.2) is 5.78 Å². The van der Waals surface area contributed by atoms with Gasteiger partial charge in [-0.05, 0) is 31.5 Å². The number of benzene rings is 2. The first-order valence-electron chi connectivity index (χ1n) is 9.31. The van der Waals surface area contributed by atoms with Gasteiger partial charge >= 0.3 is 0 Å². The maximum atomic E-state index is 13.1. The van der Waals surface area contributed by atoms with Gasteiger partial charge in [0.1, 0.15) is 17.2 Å². The number of thiophene rings is 1. The molecule has 2 aromatic heterocycles. The van der Waals surface area contributed by atoms with Crippen molar-refractivity contribution in [2.45, 2.75) is 20.4 Å². The van der Waals surface area contributed by atoms with Crippen LogP contribution in [0.4, 0.5) is 0 Å². The molecule has 0 aliphatic rings. The average Bonchev–Trinajstić information content (AvgIpc) is 3.15. The summed E-state index contributed by atoms with van der Waals surface area (Å²) in [4.78, 5) is 30.0. The second kappa shape index (κ2) is 8.01. The molecule has 2 heterocycles. The molecule has 0 aliphatic heterocycles. The van der Waals surface area contributed by atoms with E-state index in [1.165, 1.54) is 23.8 Å². The number of ketones is 1. The summed E-state index contributed by atoms with van der Waals surface area (Å²) >= 11 is 1.47. The molecular weight excluding hydrogens is 384 g/mol. The molecule has 4 rings (SSSR count). The SMILES string of the molecule is CC(=O)c1ccccc1OCCn1cnc2scc(-c3ccc(C)cc3)c2c1=O. The fourth-order valence-corrected chi connectivity index (χ4v) is 4.12. The van der Waals surface area contributed by atoms with Gasteiger partial charge < -0.3 is 4.74 Å². The third-order valence-corrected chi connectivity index (χ3v) is 5.67. The van der Waals surface area contributed by atoms with E-state index in [4.69, 9.17) is 4.74 Å². The number of nitrogens with zero attached hydrogens (tertiary/aromatic N) is 2. The highest BCUT2D eigenvalue weighted by Gasteiger charge is 2.14. The number of carbonyl (C=O) groups excluding carboxylic acids is 1. The van der Waals surface area contributed by atoms with Crippen LogP contribution in [0, 0.1) is 6.92 Å². The quantitative estimate of drug-likeness (QED) is 0.437. The van der Waals surface area contributed by atoms with Crippen LogP contribution in [-0.4, -0.2) is 21.9 Å². The molecule has 29 heavy (non-hydrogen) atoms. The molecule has 0 spiro atoms. The van der Waals surface area contributed by atoms with E-state index in [1.807, 2.05) is 42.6 Å². The third kappa shape index (κ3) is 3.84. The topological polar surface area (TPSA) is 61.2 Å². The number of para-hydroxylation sites is 1. The van der Waals surface area contributed by atoms with E-state index in [1.54, 1.807) is 29.1 Å². The highest BCUT2D eigenvalue weighted by Crippen LogP contribution is 2.30. The molecule has 6 heteroatoms. The Morgan fingerprint density at radius 2 is 1.90 bits per heavy atom. The average molecular weight is 404 g/mol. The molecule has 0 aliphatic carbocycles. The van der Waals surface area contributed by atoms with E-state index < -0.39 is 0 Å². The van der Waals surface area contributed by atoms with Gasteiger partial charge in [-0.3, -0.25) is 14.2 Å². The van der Waals surface area contributed by atoms with E-state index in [2.05, 4.69) is 4.98 Å². The molecule has 5 nitrogen and oxygen atoms in total. The van der Waals surface area contributed by atoms with E-state index >= 15 is 0 Å². The predicted molar refractivity (Wildman–Crippen MR) is 116 cm³/mol. The Morgan fingerprint density at radius 1 is 1.14 bits per heavy atom. The number of ether oxygens (including phenoxy) is 1. The zero-order chi connectivity index (χ0) is 20.4. The van der Waals surface area contributed by atoms with Crippen molar-refractivity contribution in [1.82, 2.24) is 9.55 Å². The number of hydrogen-bond acceptors (Lipinski definition) is 5. The molecule has 4 aromatic rings. The number of carbonyl (C=O) groups is 1. The summed E-state index contributed by atoms with van der Waals surface area (Å²) in [5.41, 5.74) is 3.53. The first-order valence-corrected chi connectivity index (χ1v) is 10.2. The van der Waals surface area contributed by atoms with Gasteiger partial charge in [-0.15, -0.1) is 11.3 Å². The molecule has 0 amide bonds. The number of Topliss-reactive ketones (excluding diaryl/α,β-unsaturated/α-hetero) is 1. The largest absolute Gasteiger partial charge is 0.491 e. The van der Waals surface area contributed by atoms with Crippen molar-refractivity contribution in [2.75, 3.05) is 6.61 Å². The third-order valence-electron chi connectivity index (χ3n) is 4.78. The minimum Gasteiger partial charge on any atom is -0.491 e. The molecule has 0 atom stereocenters. The maximum absolute atomic E-state index is 13.1. The number of rotatable bonds is 6. The lowest BCUT2D eigenvalue weighted by molar-refractivity contribution is 0.101. The number of aryl methyl sites for hydroxylation is 1. The Bertz CT molecular complexity index is 1240. The summed E-state index contributed by atoms with van der Waals surface area (Å²) in [5.74, 6) is 0.472. The van der Waals surface area contributed by atoms with Gasteiger partial charge in [-0.25, -0.2) is 4.98 Å². The lowest BCUT2D eigenvalue weighted by atomic mass is 10.1. The van der Waals surface area contributed by atoms with Crippen molar-refractivity contribution in [3.05, 3.63) is 81.7 Å². The maximum Gasteiger partial charge on any atom is 0.262 e. The molecule has 0 saturated heterocycles. The highest BCUT2D eigenvalue weighted by molar-refractivity contribution is 7.17. The monoisotopic (exact) mass is 404 g/mol. The van der Waals surface area contributed by atoms with Crippen LogP contribution in [0.5, 0.6) is 5.75 Å². The number of fused-ring (bicyclic) bond motifs is 1. The standard InChI is InChI=1S/C23H20N2O3S/c1-15-7-9-17(10-8-15)19-13-29-22-21(19)23(27)25(14-24-22)11-12-28-20-6-4-3-5-18(20)16(2)26/h3-10,13-14H,11-12H2,1-2H3. The summed E-state index contributed by atoms with van der Waals surface area (Å²) in [6, 6.07) is 15.2. The van der Waals surface area contributed by atoms with E-state index in [0.29, 0.717) is 23.2 Å². The smallest absolute Gasteiger partial charge is 0.262 e. The van der Waals surface area contributed by atoms with Crippen LogP contribution in [0.1, 0.15) is 22.8 Å². The second-order valence-corrected chi connectivity index (χ2v) is 7.70. The van der Waals surface area contributed by atoms with Gasteiger partial charge in [0.25, 0.3) is 5.56 Å². The summed E-state index contributed by atoms with van der Waals surface area (Å²) in [6.07, 6.45) is 1.56. The molecule has 146 valence electrons. The fraction of sp³-hybridized carbons (Fsp3) is 0.174. The normalized spacial score (nSPS) is 11.0. The molecule has 0 radical (unpaired) electrons. The van der Waals surface area contributed by atoms with Crippen LogP contribution >= 0.6 is 11.3 Å². The zero-order valence-electron chi connectivity index (χ0n) is 16.2. The number of hydrogen-bond donors (Lipinski definition) is 0. The molecule has 2 aromatic carbocycles. The van der Waals surface area contributed by atoms with Crippen molar-refractivity contribution < 1.29 is 9.53 Å². The lowest BCUT2D eigenvalue weighted by Gasteiger charge is -2.11. The Morgan fingerprint density at radius 3 is 2.66 bits per heavy atom. The second-order valence-electron chi connectivity index (χ2n) is 6.84. The molecule has 0 fully saturated rings. The van der Waals surface area contributed by atoms with Gasteiger partial charge in [0.05, 0.1) is 23.8 Å². The van der Waals surface area contributed by atoms with Gasteiger partial charge in [0, 0.05) is 10.9 Å². The summed E-state index contributed by atoms with van der Waals surface area (Å²) in [6.45, 7) is 4.15. The Hall–Kier alpha value is -3.25. The van der Waals surface area contributed by atoms with Crippen LogP contribution in [0.15, 0.2) is 65.0 Å². The first kappa shape index (κ1) is 19.1. The van der Waals surface area contributed by atoms with Crippen LogP contribution < -0.4 is 10.3 Å². The van der Waals surface area contributed by atoms with Crippen LogP contribution in [-0.2, 0) is 6.54 Å². The minimum absolute atomic E-state index is 0.0538. The van der Waals surface area contributed by atoms with Gasteiger partial charge in [-0.1, -0.05) is 42.0 Å². The lowest BCUT2D eigenvalue weighted by Crippen LogP contribution is -2.23. The van der Waals surface area contributed by atoms with Crippen LogP contribution in [0.25, 0.3) is 21.3 Å². The molecule has 0 N–H and O–H groups in total. The van der Waals surface area contributed by atoms with Crippen molar-refractivity contribution in [2.24, 2.45) is 0 Å². The minimum atomic E-state index is -0.0877. The van der Waals surface area contributed by atoms with Crippen molar-refractivity contribution in [3.8, 4) is 16.9 Å². The fourth-order valence-electron chi connectivity index (χ4n) is 3.21. The Labute approximate surface area is 172 Å². The van der Waals surface area contributed by atoms with Crippen molar-refractivity contribution in [3.63, 3.8) is 0 Å². The Balaban J connectivity index is 1.60. The molecular formula is C23H20N2O3S. The van der Waals surface area contributed by atoms with Crippen molar-refractivity contribution >= 4 is 27.3 Å². The Kier molecular flexibility index (Phi) is 5.27. The first-order chi connectivity index (χ1) is 14.0. The van der Waals surface area contributed by atoms with Gasteiger partial charge in [0.2, 0.25) is 0 Å². The predicted octanol–water partition coefficient (Wildman–Crippen LogP) is 4.72.